The summed E-state index contributed by atoms with van der Waals surface area (Å²) in [6.45, 7) is 3.61. The third kappa shape index (κ3) is 47.0. The second-order valence-electron chi connectivity index (χ2n) is 16.3. The molecule has 0 bridgehead atoms. The molecule has 0 aliphatic heterocycles. The number of nitrogens with two attached hydrogens (primary N) is 1. The first kappa shape index (κ1) is 58.7. The monoisotopic (exact) mass is 878 g/mol. The third-order valence-corrected chi connectivity index (χ3v) is 11.4. The number of rotatable bonds is 46. The van der Waals surface area contributed by atoms with Crippen LogP contribution in [0.15, 0.2) is 60.8 Å². The van der Waals surface area contributed by atoms with Gasteiger partial charge in [0.2, 0.25) is 0 Å². The number of allylic oxidation sites excluding steroid dienone is 10. The molecule has 61 heavy (non-hydrogen) atoms. The standard InChI is InChI=1S/C51H92NO8P/c1-3-5-7-9-11-13-15-17-19-21-23-24-26-28-30-32-34-36-38-40-42-44-51(54)60-49(48-59-61(55,56)58-46-45-52)47-57-50(53)43-41-39-37-35-33-31-29-27-25-22-20-18-16-14-12-10-8-6-4-2/h6,8,12,14,18,20,25,27,31,33,49H,3-5,7,9-11,13,15-17,19,21-24,26,28-30,32,34-48,52H2,1-2H3,(H,55,56)/b8-6-,14-12-,20-18-,27-25-,33-31-/t49-/m1/s1. The average Bonchev–Trinajstić information content (AvgIpc) is 3.25. The Morgan fingerprint density at radius 1 is 0.508 bits per heavy atom. The molecule has 10 heteroatoms. The quantitative estimate of drug-likeness (QED) is 0.0265. The summed E-state index contributed by atoms with van der Waals surface area (Å²) >= 11 is 0. The molecule has 0 heterocycles. The Morgan fingerprint density at radius 3 is 1.34 bits per heavy atom. The van der Waals surface area contributed by atoms with Gasteiger partial charge in [-0.05, 0) is 57.8 Å². The van der Waals surface area contributed by atoms with E-state index in [1.807, 2.05) is 0 Å². The Bertz CT molecular complexity index is 1180. The van der Waals surface area contributed by atoms with Crippen LogP contribution < -0.4 is 5.73 Å². The van der Waals surface area contributed by atoms with Gasteiger partial charge in [0.25, 0.3) is 0 Å². The van der Waals surface area contributed by atoms with E-state index >= 15 is 0 Å². The number of phosphoric ester groups is 1. The minimum Gasteiger partial charge on any atom is -0.462 e. The number of carbonyl (C=O) groups excluding carboxylic acids is 2. The molecule has 0 rings (SSSR count). The van der Waals surface area contributed by atoms with Crippen LogP contribution in [0.3, 0.4) is 0 Å². The highest BCUT2D eigenvalue weighted by molar-refractivity contribution is 7.47. The average molecular weight is 878 g/mol. The van der Waals surface area contributed by atoms with Gasteiger partial charge in [0.15, 0.2) is 6.10 Å². The largest absolute Gasteiger partial charge is 0.472 e. The second kappa shape index (κ2) is 47.2. The fourth-order valence-electron chi connectivity index (χ4n) is 6.78. The normalized spacial score (nSPS) is 13.7. The highest BCUT2D eigenvalue weighted by Gasteiger charge is 2.26. The second-order valence-corrected chi connectivity index (χ2v) is 17.8. The van der Waals surface area contributed by atoms with Gasteiger partial charge in [-0.1, -0.05) is 209 Å². The van der Waals surface area contributed by atoms with Gasteiger partial charge in [0.05, 0.1) is 13.2 Å². The highest BCUT2D eigenvalue weighted by atomic mass is 31.2. The van der Waals surface area contributed by atoms with Crippen molar-refractivity contribution in [1.29, 1.82) is 0 Å². The summed E-state index contributed by atoms with van der Waals surface area (Å²) in [5.74, 6) is -0.861. The molecule has 0 saturated heterocycles. The van der Waals surface area contributed by atoms with Gasteiger partial charge in [-0.15, -0.1) is 0 Å². The lowest BCUT2D eigenvalue weighted by Crippen LogP contribution is -2.29. The Hall–Kier alpha value is -2.29. The zero-order valence-corrected chi connectivity index (χ0v) is 40.0. The van der Waals surface area contributed by atoms with E-state index in [-0.39, 0.29) is 32.6 Å². The number of hydrogen-bond donors (Lipinski definition) is 2. The van der Waals surface area contributed by atoms with Crippen molar-refractivity contribution in [2.75, 3.05) is 26.4 Å². The van der Waals surface area contributed by atoms with Gasteiger partial charge in [0, 0.05) is 19.4 Å². The minimum absolute atomic E-state index is 0.0474. The van der Waals surface area contributed by atoms with Gasteiger partial charge in [-0.25, -0.2) is 4.57 Å². The van der Waals surface area contributed by atoms with Crippen molar-refractivity contribution in [3.8, 4) is 0 Å². The van der Waals surface area contributed by atoms with Crippen molar-refractivity contribution in [1.82, 2.24) is 0 Å². The Morgan fingerprint density at radius 2 is 0.902 bits per heavy atom. The molecule has 0 fully saturated rings. The van der Waals surface area contributed by atoms with Crippen LogP contribution in [0, 0.1) is 0 Å². The molecule has 354 valence electrons. The molecule has 2 atom stereocenters. The van der Waals surface area contributed by atoms with Gasteiger partial charge >= 0.3 is 19.8 Å². The zero-order valence-electron chi connectivity index (χ0n) is 39.1. The molecule has 1 unspecified atom stereocenters. The molecular formula is C51H92NO8P. The van der Waals surface area contributed by atoms with Crippen molar-refractivity contribution >= 4 is 19.8 Å². The number of esters is 2. The van der Waals surface area contributed by atoms with Crippen LogP contribution >= 0.6 is 7.82 Å². The molecule has 0 radical (unpaired) electrons. The molecule has 0 aromatic carbocycles. The Balaban J connectivity index is 4.11. The summed E-state index contributed by atoms with van der Waals surface area (Å²) in [4.78, 5) is 35.0. The van der Waals surface area contributed by atoms with Crippen LogP contribution in [0.4, 0.5) is 0 Å². The number of carbonyl (C=O) groups is 2. The summed E-state index contributed by atoms with van der Waals surface area (Å²) in [6.07, 6.45) is 56.9. The lowest BCUT2D eigenvalue weighted by molar-refractivity contribution is -0.161. The van der Waals surface area contributed by atoms with Crippen LogP contribution in [0.5, 0.6) is 0 Å². The maximum Gasteiger partial charge on any atom is 0.472 e. The van der Waals surface area contributed by atoms with Crippen LogP contribution in [0.2, 0.25) is 0 Å². The van der Waals surface area contributed by atoms with E-state index in [0.717, 1.165) is 70.6 Å². The summed E-state index contributed by atoms with van der Waals surface area (Å²) in [7, 11) is -4.39. The van der Waals surface area contributed by atoms with Crippen molar-refractivity contribution in [3.05, 3.63) is 60.8 Å². The van der Waals surface area contributed by atoms with Gasteiger partial charge in [-0.2, -0.15) is 0 Å². The summed E-state index contributed by atoms with van der Waals surface area (Å²) in [5.41, 5.74) is 5.36. The first-order valence-electron chi connectivity index (χ1n) is 24.8. The Labute approximate surface area is 374 Å². The van der Waals surface area contributed by atoms with E-state index in [1.165, 1.54) is 109 Å². The maximum atomic E-state index is 12.6. The summed E-state index contributed by atoms with van der Waals surface area (Å²) in [5, 5.41) is 0. The van der Waals surface area contributed by atoms with E-state index in [0.29, 0.717) is 12.8 Å². The molecule has 9 nitrogen and oxygen atoms in total. The number of phosphoric acid groups is 1. The minimum atomic E-state index is -4.39. The van der Waals surface area contributed by atoms with Gasteiger partial charge in [-0.3, -0.25) is 18.6 Å². The van der Waals surface area contributed by atoms with Gasteiger partial charge in [0.1, 0.15) is 6.61 Å². The molecule has 0 amide bonds. The van der Waals surface area contributed by atoms with E-state index in [1.54, 1.807) is 0 Å². The van der Waals surface area contributed by atoms with E-state index in [2.05, 4.69) is 74.6 Å². The predicted molar refractivity (Wildman–Crippen MR) is 256 cm³/mol. The van der Waals surface area contributed by atoms with Crippen molar-refractivity contribution < 1.29 is 37.6 Å². The molecule has 0 aromatic rings. The zero-order chi connectivity index (χ0) is 44.6. The first-order chi connectivity index (χ1) is 29.8. The lowest BCUT2D eigenvalue weighted by atomic mass is 10.0. The van der Waals surface area contributed by atoms with Crippen molar-refractivity contribution in [3.63, 3.8) is 0 Å². The molecular weight excluding hydrogens is 786 g/mol. The van der Waals surface area contributed by atoms with Gasteiger partial charge < -0.3 is 20.1 Å². The molecule has 0 spiro atoms. The molecule has 0 aromatic heterocycles. The van der Waals surface area contributed by atoms with Crippen LogP contribution in [-0.4, -0.2) is 49.3 Å². The SMILES string of the molecule is CC/C=C\C/C=C\C/C=C\C/C=C\C/C=C\CCCCCC(=O)OC[C@H](COP(=O)(O)OCCN)OC(=O)CCCCCCCCCCCCCCCCCCCCCCC. The molecule has 0 aliphatic carbocycles. The molecule has 3 N–H and O–H groups in total. The fourth-order valence-corrected chi connectivity index (χ4v) is 7.55. The topological polar surface area (TPSA) is 134 Å². The smallest absolute Gasteiger partial charge is 0.462 e. The van der Waals surface area contributed by atoms with Crippen LogP contribution in [-0.2, 0) is 32.7 Å². The van der Waals surface area contributed by atoms with E-state index < -0.39 is 32.5 Å². The Kier molecular flexibility index (Phi) is 45.4. The fraction of sp³-hybridized carbons (Fsp3) is 0.765. The molecule has 0 aliphatic rings. The predicted octanol–water partition coefficient (Wildman–Crippen LogP) is 14.8. The first-order valence-corrected chi connectivity index (χ1v) is 26.3. The van der Waals surface area contributed by atoms with Crippen molar-refractivity contribution in [2.24, 2.45) is 5.73 Å². The van der Waals surface area contributed by atoms with E-state index in [4.69, 9.17) is 24.3 Å². The molecule has 0 saturated carbocycles. The highest BCUT2D eigenvalue weighted by Crippen LogP contribution is 2.43. The lowest BCUT2D eigenvalue weighted by Gasteiger charge is -2.19. The number of ether oxygens (including phenoxy) is 2. The number of unbranched alkanes of at least 4 members (excludes halogenated alkanes) is 23. The number of hydrogen-bond acceptors (Lipinski definition) is 8. The van der Waals surface area contributed by atoms with Crippen molar-refractivity contribution in [2.45, 2.75) is 225 Å². The third-order valence-electron chi connectivity index (χ3n) is 10.4. The maximum absolute atomic E-state index is 12.6. The summed E-state index contributed by atoms with van der Waals surface area (Å²) in [6, 6.07) is 0. The van der Waals surface area contributed by atoms with E-state index in [9.17, 15) is 19.0 Å². The van der Waals surface area contributed by atoms with Crippen LogP contribution in [0.1, 0.15) is 219 Å². The summed E-state index contributed by atoms with van der Waals surface area (Å²) < 4.78 is 32.9. The van der Waals surface area contributed by atoms with Crippen LogP contribution in [0.25, 0.3) is 0 Å².